The SMILES string of the molecule is CC(C)CC1C=CC(C(C)C)C1. The maximum atomic E-state index is 2.44. The molecule has 0 radical (unpaired) electrons. The second-order valence-corrected chi connectivity index (χ2v) is 4.92. The van der Waals surface area contributed by atoms with Gasteiger partial charge >= 0.3 is 0 Å². The van der Waals surface area contributed by atoms with Crippen LogP contribution in [-0.4, -0.2) is 0 Å². The van der Waals surface area contributed by atoms with E-state index in [4.69, 9.17) is 0 Å². The van der Waals surface area contributed by atoms with Crippen molar-refractivity contribution in [1.82, 2.24) is 0 Å². The summed E-state index contributed by atoms with van der Waals surface area (Å²) < 4.78 is 0. The van der Waals surface area contributed by atoms with Crippen LogP contribution in [0.5, 0.6) is 0 Å². The van der Waals surface area contributed by atoms with Crippen LogP contribution in [0.15, 0.2) is 12.2 Å². The van der Waals surface area contributed by atoms with Crippen molar-refractivity contribution in [1.29, 1.82) is 0 Å². The van der Waals surface area contributed by atoms with Crippen molar-refractivity contribution >= 4 is 0 Å². The Hall–Kier alpha value is -0.260. The second kappa shape index (κ2) is 4.11. The topological polar surface area (TPSA) is 0 Å². The van der Waals surface area contributed by atoms with Gasteiger partial charge in [-0.3, -0.25) is 0 Å². The lowest BCUT2D eigenvalue weighted by Crippen LogP contribution is -2.06. The molecule has 0 aromatic rings. The molecule has 0 saturated carbocycles. The average molecular weight is 166 g/mol. The fourth-order valence-electron chi connectivity index (χ4n) is 2.08. The van der Waals surface area contributed by atoms with E-state index in [-0.39, 0.29) is 0 Å². The standard InChI is InChI=1S/C12H22/c1-9(2)7-11-5-6-12(8-11)10(3)4/h5-6,9-12H,7-8H2,1-4H3. The Balaban J connectivity index is 2.32. The van der Waals surface area contributed by atoms with E-state index in [1.54, 1.807) is 0 Å². The Bertz CT molecular complexity index is 153. The molecule has 0 amide bonds. The molecule has 0 saturated heterocycles. The minimum Gasteiger partial charge on any atom is -0.0851 e. The summed E-state index contributed by atoms with van der Waals surface area (Å²) in [5, 5.41) is 0. The molecule has 2 unspecified atom stereocenters. The first-order valence-corrected chi connectivity index (χ1v) is 5.28. The smallest absolute Gasteiger partial charge is 0.0205 e. The highest BCUT2D eigenvalue weighted by atomic mass is 14.3. The molecule has 12 heavy (non-hydrogen) atoms. The predicted octanol–water partition coefficient (Wildman–Crippen LogP) is 3.88. The molecule has 0 aromatic carbocycles. The molecule has 1 aliphatic carbocycles. The molecule has 2 atom stereocenters. The van der Waals surface area contributed by atoms with Crippen LogP contribution < -0.4 is 0 Å². The number of allylic oxidation sites excluding steroid dienone is 2. The fourth-order valence-corrected chi connectivity index (χ4v) is 2.08. The molecule has 70 valence electrons. The first-order valence-electron chi connectivity index (χ1n) is 5.28. The molecule has 1 aliphatic rings. The molecule has 0 fully saturated rings. The minimum absolute atomic E-state index is 0.832. The highest BCUT2D eigenvalue weighted by molar-refractivity contribution is 5.02. The first-order chi connectivity index (χ1) is 5.59. The normalized spacial score (nSPS) is 29.2. The Labute approximate surface area is 77.1 Å². The Morgan fingerprint density at radius 2 is 1.83 bits per heavy atom. The molecule has 0 aromatic heterocycles. The third kappa shape index (κ3) is 2.66. The summed E-state index contributed by atoms with van der Waals surface area (Å²) in [5.74, 6) is 3.41. The van der Waals surface area contributed by atoms with Crippen molar-refractivity contribution in [2.24, 2.45) is 23.7 Å². The predicted molar refractivity (Wildman–Crippen MR) is 55.0 cm³/mol. The van der Waals surface area contributed by atoms with E-state index >= 15 is 0 Å². The molecule has 0 N–H and O–H groups in total. The van der Waals surface area contributed by atoms with Crippen molar-refractivity contribution in [3.63, 3.8) is 0 Å². The zero-order valence-corrected chi connectivity index (χ0v) is 8.88. The van der Waals surface area contributed by atoms with E-state index in [1.807, 2.05) is 0 Å². The molecular formula is C12H22. The molecule has 0 nitrogen and oxygen atoms in total. The average Bonchev–Trinajstić information content (AvgIpc) is 2.34. The van der Waals surface area contributed by atoms with Gasteiger partial charge in [0.25, 0.3) is 0 Å². The van der Waals surface area contributed by atoms with Gasteiger partial charge in [0.2, 0.25) is 0 Å². The summed E-state index contributed by atoms with van der Waals surface area (Å²) >= 11 is 0. The van der Waals surface area contributed by atoms with Crippen molar-refractivity contribution in [3.05, 3.63) is 12.2 Å². The number of rotatable bonds is 3. The van der Waals surface area contributed by atoms with E-state index in [1.165, 1.54) is 12.8 Å². The van der Waals surface area contributed by atoms with Crippen LogP contribution in [0.4, 0.5) is 0 Å². The second-order valence-electron chi connectivity index (χ2n) is 4.92. The van der Waals surface area contributed by atoms with Crippen LogP contribution in [0.25, 0.3) is 0 Å². The number of hydrogen-bond acceptors (Lipinski definition) is 0. The maximum absolute atomic E-state index is 2.44. The van der Waals surface area contributed by atoms with Gasteiger partial charge in [-0.05, 0) is 36.5 Å². The van der Waals surface area contributed by atoms with Gasteiger partial charge < -0.3 is 0 Å². The molecule has 0 aliphatic heterocycles. The first kappa shape index (κ1) is 9.83. The quantitative estimate of drug-likeness (QED) is 0.558. The van der Waals surface area contributed by atoms with Crippen LogP contribution in [0.3, 0.4) is 0 Å². The van der Waals surface area contributed by atoms with Crippen LogP contribution in [0, 0.1) is 23.7 Å². The molecule has 0 bridgehead atoms. The summed E-state index contributed by atoms with van der Waals surface area (Å²) in [4.78, 5) is 0. The summed E-state index contributed by atoms with van der Waals surface area (Å²) in [6.45, 7) is 9.28. The van der Waals surface area contributed by atoms with Crippen molar-refractivity contribution < 1.29 is 0 Å². The monoisotopic (exact) mass is 166 g/mol. The van der Waals surface area contributed by atoms with E-state index in [0.717, 1.165) is 23.7 Å². The third-order valence-electron chi connectivity index (χ3n) is 2.84. The van der Waals surface area contributed by atoms with Gasteiger partial charge in [-0.1, -0.05) is 39.8 Å². The summed E-state index contributed by atoms with van der Waals surface area (Å²) in [5.41, 5.74) is 0. The Morgan fingerprint density at radius 1 is 1.17 bits per heavy atom. The molecular weight excluding hydrogens is 144 g/mol. The lowest BCUT2D eigenvalue weighted by atomic mass is 9.89. The van der Waals surface area contributed by atoms with Gasteiger partial charge in [0.15, 0.2) is 0 Å². The molecule has 0 heteroatoms. The summed E-state index contributed by atoms with van der Waals surface area (Å²) in [6, 6.07) is 0. The van der Waals surface area contributed by atoms with Crippen molar-refractivity contribution in [2.45, 2.75) is 40.5 Å². The van der Waals surface area contributed by atoms with Gasteiger partial charge in [0.1, 0.15) is 0 Å². The number of hydrogen-bond donors (Lipinski definition) is 0. The van der Waals surface area contributed by atoms with Crippen molar-refractivity contribution in [2.75, 3.05) is 0 Å². The highest BCUT2D eigenvalue weighted by Gasteiger charge is 2.21. The highest BCUT2D eigenvalue weighted by Crippen LogP contribution is 2.32. The third-order valence-corrected chi connectivity index (χ3v) is 2.84. The van der Waals surface area contributed by atoms with Gasteiger partial charge in [0.05, 0.1) is 0 Å². The van der Waals surface area contributed by atoms with E-state index in [0.29, 0.717) is 0 Å². The van der Waals surface area contributed by atoms with Crippen LogP contribution in [-0.2, 0) is 0 Å². The molecule has 1 rings (SSSR count). The Morgan fingerprint density at radius 3 is 2.25 bits per heavy atom. The van der Waals surface area contributed by atoms with Gasteiger partial charge in [-0.15, -0.1) is 0 Å². The Kier molecular flexibility index (Phi) is 3.37. The van der Waals surface area contributed by atoms with Crippen LogP contribution >= 0.6 is 0 Å². The van der Waals surface area contributed by atoms with Crippen LogP contribution in [0.1, 0.15) is 40.5 Å². The lowest BCUT2D eigenvalue weighted by molar-refractivity contribution is 0.377. The van der Waals surface area contributed by atoms with Crippen LogP contribution in [0.2, 0.25) is 0 Å². The van der Waals surface area contributed by atoms with Gasteiger partial charge in [-0.2, -0.15) is 0 Å². The zero-order chi connectivity index (χ0) is 9.14. The summed E-state index contributed by atoms with van der Waals surface area (Å²) in [7, 11) is 0. The maximum Gasteiger partial charge on any atom is -0.0205 e. The van der Waals surface area contributed by atoms with Gasteiger partial charge in [-0.25, -0.2) is 0 Å². The van der Waals surface area contributed by atoms with Crippen molar-refractivity contribution in [3.8, 4) is 0 Å². The van der Waals surface area contributed by atoms with Gasteiger partial charge in [0, 0.05) is 0 Å². The molecule has 0 heterocycles. The zero-order valence-electron chi connectivity index (χ0n) is 8.88. The lowest BCUT2D eigenvalue weighted by Gasteiger charge is -2.16. The fraction of sp³-hybridized carbons (Fsp3) is 0.833. The minimum atomic E-state index is 0.832. The van der Waals surface area contributed by atoms with E-state index < -0.39 is 0 Å². The summed E-state index contributed by atoms with van der Waals surface area (Å²) in [6.07, 6.45) is 7.64. The van der Waals surface area contributed by atoms with E-state index in [2.05, 4.69) is 39.8 Å². The largest absolute Gasteiger partial charge is 0.0851 e. The van der Waals surface area contributed by atoms with E-state index in [9.17, 15) is 0 Å². The molecule has 0 spiro atoms.